The second-order valence-electron chi connectivity index (χ2n) is 6.54. The van der Waals surface area contributed by atoms with E-state index in [2.05, 4.69) is 0 Å². The maximum absolute atomic E-state index is 13.0. The lowest BCUT2D eigenvalue weighted by Crippen LogP contribution is -2.44. The van der Waals surface area contributed by atoms with E-state index >= 15 is 0 Å². The molecule has 1 unspecified atom stereocenters. The molecule has 2 aromatic rings. The number of ketones is 1. The Labute approximate surface area is 157 Å². The molecule has 1 atom stereocenters. The summed E-state index contributed by atoms with van der Waals surface area (Å²) in [6.45, 7) is 3.46. The Morgan fingerprint density at radius 3 is 2.44 bits per heavy atom. The summed E-state index contributed by atoms with van der Waals surface area (Å²) in [5.74, 6) is -1.62. The van der Waals surface area contributed by atoms with Gasteiger partial charge in [-0.25, -0.2) is 0 Å². The third-order valence-electron chi connectivity index (χ3n) is 4.62. The Hall–Kier alpha value is -2.99. The van der Waals surface area contributed by atoms with Gasteiger partial charge in [0.2, 0.25) is 0 Å². The minimum absolute atomic E-state index is 0.193. The molecule has 1 aliphatic rings. The van der Waals surface area contributed by atoms with Crippen LogP contribution < -0.4 is 4.90 Å². The zero-order valence-electron chi connectivity index (χ0n) is 15.3. The molecule has 27 heavy (non-hydrogen) atoms. The van der Waals surface area contributed by atoms with Crippen molar-refractivity contribution in [2.75, 3.05) is 18.1 Å². The number of carbonyl (C=O) groups is 3. The van der Waals surface area contributed by atoms with Crippen LogP contribution >= 0.6 is 0 Å². The van der Waals surface area contributed by atoms with Gasteiger partial charge in [0, 0.05) is 11.1 Å². The molecule has 0 aliphatic carbocycles. The van der Waals surface area contributed by atoms with Crippen LogP contribution in [-0.4, -0.2) is 35.9 Å². The van der Waals surface area contributed by atoms with Crippen molar-refractivity contribution in [1.29, 1.82) is 0 Å². The van der Waals surface area contributed by atoms with Crippen LogP contribution in [0.2, 0.25) is 0 Å². The van der Waals surface area contributed by atoms with Gasteiger partial charge in [0.15, 0.2) is 11.4 Å². The number of ether oxygens (including phenoxy) is 1. The van der Waals surface area contributed by atoms with Crippen molar-refractivity contribution in [2.45, 2.75) is 25.9 Å². The highest BCUT2D eigenvalue weighted by molar-refractivity contribution is 6.12. The molecule has 140 valence electrons. The molecule has 0 saturated heterocycles. The zero-order chi connectivity index (χ0) is 19.6. The van der Waals surface area contributed by atoms with Crippen molar-refractivity contribution in [3.63, 3.8) is 0 Å². The quantitative estimate of drug-likeness (QED) is 0.626. The van der Waals surface area contributed by atoms with Crippen LogP contribution in [-0.2, 0) is 19.9 Å². The monoisotopic (exact) mass is 367 g/mol. The first kappa shape index (κ1) is 18.8. The molecule has 1 N–H and O–H groups in total. The van der Waals surface area contributed by atoms with Gasteiger partial charge in [-0.15, -0.1) is 0 Å². The van der Waals surface area contributed by atoms with Crippen molar-refractivity contribution in [3.05, 3.63) is 65.2 Å². The molecule has 0 bridgehead atoms. The second-order valence-corrected chi connectivity index (χ2v) is 6.54. The number of hydrogen-bond donors (Lipinski definition) is 1. The molecule has 6 nitrogen and oxygen atoms in total. The van der Waals surface area contributed by atoms with E-state index in [1.165, 1.54) is 4.90 Å². The van der Waals surface area contributed by atoms with Crippen LogP contribution in [0.4, 0.5) is 5.69 Å². The van der Waals surface area contributed by atoms with Gasteiger partial charge in [0.1, 0.15) is 6.54 Å². The fourth-order valence-corrected chi connectivity index (χ4v) is 3.24. The van der Waals surface area contributed by atoms with E-state index in [1.807, 2.05) is 6.92 Å². The molecular formula is C21H21NO5. The van der Waals surface area contributed by atoms with E-state index in [-0.39, 0.29) is 18.9 Å². The van der Waals surface area contributed by atoms with Crippen LogP contribution in [0.25, 0.3) is 0 Å². The molecule has 0 aromatic heterocycles. The number of fused-ring (bicyclic) bond motifs is 1. The Kier molecular flexibility index (Phi) is 5.10. The van der Waals surface area contributed by atoms with Crippen LogP contribution in [0.3, 0.4) is 0 Å². The van der Waals surface area contributed by atoms with E-state index in [0.717, 1.165) is 5.56 Å². The number of Topliss-reactive ketones (excluding diaryl/α,β-unsaturated/α-hetero) is 1. The van der Waals surface area contributed by atoms with Gasteiger partial charge in [-0.05, 0) is 19.9 Å². The predicted octanol–water partition coefficient (Wildman–Crippen LogP) is 2.37. The topological polar surface area (TPSA) is 83.9 Å². The number of hydrogen-bond acceptors (Lipinski definition) is 5. The van der Waals surface area contributed by atoms with Gasteiger partial charge >= 0.3 is 5.97 Å². The summed E-state index contributed by atoms with van der Waals surface area (Å²) in [6, 6.07) is 13.6. The summed E-state index contributed by atoms with van der Waals surface area (Å²) in [4.78, 5) is 38.7. The van der Waals surface area contributed by atoms with Gasteiger partial charge in [-0.3, -0.25) is 19.3 Å². The smallest absolute Gasteiger partial charge is 0.326 e. The molecule has 0 spiro atoms. The van der Waals surface area contributed by atoms with Crippen molar-refractivity contribution in [3.8, 4) is 0 Å². The Morgan fingerprint density at radius 2 is 1.78 bits per heavy atom. The molecule has 1 aliphatic heterocycles. The normalized spacial score (nSPS) is 18.3. The number of para-hydroxylation sites is 1. The SMILES string of the molecule is CCOC(=O)CN1C(=O)C(O)(CC(=O)c2ccc(C)cc2)c2ccccc21. The molecule has 3 rings (SSSR count). The average Bonchev–Trinajstić information content (AvgIpc) is 2.85. The third kappa shape index (κ3) is 3.48. The highest BCUT2D eigenvalue weighted by Gasteiger charge is 2.51. The van der Waals surface area contributed by atoms with E-state index in [0.29, 0.717) is 16.8 Å². The Bertz CT molecular complexity index is 890. The number of benzene rings is 2. The van der Waals surface area contributed by atoms with Gasteiger partial charge < -0.3 is 9.84 Å². The van der Waals surface area contributed by atoms with Crippen molar-refractivity contribution >= 4 is 23.3 Å². The van der Waals surface area contributed by atoms with Crippen molar-refractivity contribution < 1.29 is 24.2 Å². The van der Waals surface area contributed by atoms with Gasteiger partial charge in [0.05, 0.1) is 18.7 Å². The highest BCUT2D eigenvalue weighted by Crippen LogP contribution is 2.42. The molecule has 2 aromatic carbocycles. The number of rotatable bonds is 6. The number of aliphatic hydroxyl groups is 1. The summed E-state index contributed by atoms with van der Waals surface area (Å²) < 4.78 is 4.92. The maximum Gasteiger partial charge on any atom is 0.326 e. The Balaban J connectivity index is 1.92. The van der Waals surface area contributed by atoms with Crippen LogP contribution in [0.5, 0.6) is 0 Å². The zero-order valence-corrected chi connectivity index (χ0v) is 15.3. The lowest BCUT2D eigenvalue weighted by molar-refractivity contribution is -0.144. The molecule has 6 heteroatoms. The summed E-state index contributed by atoms with van der Waals surface area (Å²) in [6.07, 6.45) is -0.398. The van der Waals surface area contributed by atoms with Gasteiger partial charge in [-0.1, -0.05) is 48.0 Å². The fourth-order valence-electron chi connectivity index (χ4n) is 3.24. The number of aryl methyl sites for hydroxylation is 1. The average molecular weight is 367 g/mol. The molecule has 0 saturated carbocycles. The number of nitrogens with zero attached hydrogens (tertiary/aromatic N) is 1. The van der Waals surface area contributed by atoms with Crippen LogP contribution in [0.15, 0.2) is 48.5 Å². The Morgan fingerprint density at radius 1 is 1.11 bits per heavy atom. The summed E-state index contributed by atoms with van der Waals surface area (Å²) in [5.41, 5.74) is 0.149. The molecular weight excluding hydrogens is 346 g/mol. The van der Waals surface area contributed by atoms with Crippen LogP contribution in [0, 0.1) is 6.92 Å². The van der Waals surface area contributed by atoms with Crippen LogP contribution in [0.1, 0.15) is 34.8 Å². The minimum Gasteiger partial charge on any atom is -0.465 e. The van der Waals surface area contributed by atoms with Crippen molar-refractivity contribution in [2.24, 2.45) is 0 Å². The summed E-state index contributed by atoms with van der Waals surface area (Å²) >= 11 is 0. The van der Waals surface area contributed by atoms with E-state index in [9.17, 15) is 19.5 Å². The van der Waals surface area contributed by atoms with E-state index in [1.54, 1.807) is 55.5 Å². The first-order chi connectivity index (χ1) is 12.9. The summed E-state index contributed by atoms with van der Waals surface area (Å²) in [5, 5.41) is 11.1. The predicted molar refractivity (Wildman–Crippen MR) is 99.5 cm³/mol. The third-order valence-corrected chi connectivity index (χ3v) is 4.62. The van der Waals surface area contributed by atoms with Gasteiger partial charge in [0.25, 0.3) is 5.91 Å². The molecule has 1 amide bonds. The van der Waals surface area contributed by atoms with Crippen molar-refractivity contribution in [1.82, 2.24) is 0 Å². The maximum atomic E-state index is 13.0. The lowest BCUT2D eigenvalue weighted by atomic mass is 9.88. The minimum atomic E-state index is -2.01. The number of carbonyl (C=O) groups excluding carboxylic acids is 3. The van der Waals surface area contributed by atoms with E-state index < -0.39 is 23.9 Å². The van der Waals surface area contributed by atoms with Gasteiger partial charge in [-0.2, -0.15) is 0 Å². The number of anilines is 1. The highest BCUT2D eigenvalue weighted by atomic mass is 16.5. The fraction of sp³-hybridized carbons (Fsp3) is 0.286. The largest absolute Gasteiger partial charge is 0.465 e. The molecule has 1 heterocycles. The summed E-state index contributed by atoms with van der Waals surface area (Å²) in [7, 11) is 0. The standard InChI is InChI=1S/C21H21NO5/c1-3-27-19(24)13-22-17-7-5-4-6-16(17)21(26,20(22)25)12-18(23)15-10-8-14(2)9-11-15/h4-11,26H,3,12-13H2,1-2H3. The first-order valence-electron chi connectivity index (χ1n) is 8.76. The number of esters is 1. The second kappa shape index (κ2) is 7.32. The molecule has 0 radical (unpaired) electrons. The number of amides is 1. The lowest BCUT2D eigenvalue weighted by Gasteiger charge is -2.22. The first-order valence-corrected chi connectivity index (χ1v) is 8.76. The van der Waals surface area contributed by atoms with E-state index in [4.69, 9.17) is 4.74 Å². The molecule has 0 fully saturated rings.